The van der Waals surface area contributed by atoms with Crippen molar-refractivity contribution in [3.8, 4) is 0 Å². The SMILES string of the molecule is CC1(C)C(/C=C/C=C2/N(CCNC(=O)CI)c3ccc(S(=O)(=O)O)cc3C2(C)C)=[N+](CCCS(=O)(=O)O)c2ccc(S(=O)(=O)O)cc21. The van der Waals surface area contributed by atoms with Crippen LogP contribution in [0.15, 0.2) is 70.1 Å². The van der Waals surface area contributed by atoms with Gasteiger partial charge in [0.15, 0.2) is 5.71 Å². The molecule has 256 valence electrons. The first-order valence-corrected chi connectivity index (χ1v) is 20.4. The maximum atomic E-state index is 12.0. The van der Waals surface area contributed by atoms with Gasteiger partial charge < -0.3 is 10.2 Å². The van der Waals surface area contributed by atoms with Gasteiger partial charge in [-0.3, -0.25) is 18.5 Å². The van der Waals surface area contributed by atoms with E-state index in [4.69, 9.17) is 0 Å². The molecule has 0 bridgehead atoms. The predicted octanol–water partition coefficient (Wildman–Crippen LogP) is 3.62. The third-order valence-corrected chi connectivity index (χ3v) is 11.6. The zero-order valence-electron chi connectivity index (χ0n) is 26.1. The Hall–Kier alpha value is -2.68. The van der Waals surface area contributed by atoms with Gasteiger partial charge in [0.1, 0.15) is 6.54 Å². The van der Waals surface area contributed by atoms with Gasteiger partial charge in [-0.05, 0) is 55.8 Å². The van der Waals surface area contributed by atoms with Crippen molar-refractivity contribution < 1.29 is 48.3 Å². The van der Waals surface area contributed by atoms with Crippen molar-refractivity contribution in [1.29, 1.82) is 0 Å². The van der Waals surface area contributed by atoms with Gasteiger partial charge in [-0.15, -0.1) is 0 Å². The number of nitrogens with one attached hydrogen (secondary N) is 1. The number of anilines is 1. The molecule has 2 aliphatic heterocycles. The second kappa shape index (κ2) is 13.3. The van der Waals surface area contributed by atoms with Gasteiger partial charge in [0, 0.05) is 54.0 Å². The number of nitrogens with zero attached hydrogens (tertiary/aromatic N) is 2. The molecular weight excluding hydrogens is 785 g/mol. The normalized spacial score (nSPS) is 18.2. The van der Waals surface area contributed by atoms with Gasteiger partial charge in [-0.2, -0.15) is 29.8 Å². The highest BCUT2D eigenvalue weighted by Gasteiger charge is 2.45. The number of carbonyl (C=O) groups is 1. The van der Waals surface area contributed by atoms with Crippen LogP contribution in [-0.4, -0.2) is 84.9 Å². The van der Waals surface area contributed by atoms with Crippen LogP contribution in [0.25, 0.3) is 0 Å². The first-order chi connectivity index (χ1) is 21.6. The van der Waals surface area contributed by atoms with E-state index in [1.54, 1.807) is 18.2 Å². The fraction of sp³-hybridized carbons (Fsp3) is 0.400. The van der Waals surface area contributed by atoms with Gasteiger partial charge in [-0.1, -0.05) is 42.5 Å². The molecule has 2 aliphatic rings. The molecule has 0 fully saturated rings. The lowest BCUT2D eigenvalue weighted by Gasteiger charge is -2.27. The number of amides is 1. The Morgan fingerprint density at radius 2 is 1.51 bits per heavy atom. The van der Waals surface area contributed by atoms with Crippen LogP contribution < -0.4 is 10.2 Å². The minimum Gasteiger partial charge on any atom is -0.354 e. The van der Waals surface area contributed by atoms with Crippen molar-refractivity contribution in [2.45, 2.75) is 54.7 Å². The quantitative estimate of drug-likeness (QED) is 0.106. The molecule has 2 aromatic carbocycles. The Labute approximate surface area is 288 Å². The fourth-order valence-corrected chi connectivity index (χ4v) is 7.88. The molecule has 4 N–H and O–H groups in total. The minimum atomic E-state index is -4.50. The predicted molar refractivity (Wildman–Crippen MR) is 186 cm³/mol. The topological polar surface area (TPSA) is 198 Å². The van der Waals surface area contributed by atoms with Crippen molar-refractivity contribution in [3.63, 3.8) is 0 Å². The van der Waals surface area contributed by atoms with Gasteiger partial charge >= 0.3 is 0 Å². The van der Waals surface area contributed by atoms with E-state index in [9.17, 15) is 43.7 Å². The van der Waals surface area contributed by atoms with Crippen LogP contribution in [0, 0.1) is 0 Å². The Kier molecular flexibility index (Phi) is 10.5. The molecule has 17 heteroatoms. The summed E-state index contributed by atoms with van der Waals surface area (Å²) in [5.41, 5.74) is 2.47. The molecule has 0 atom stereocenters. The second-order valence-electron chi connectivity index (χ2n) is 12.3. The monoisotopic (exact) mass is 822 g/mol. The van der Waals surface area contributed by atoms with E-state index in [1.807, 2.05) is 71.9 Å². The summed E-state index contributed by atoms with van der Waals surface area (Å²) < 4.78 is 102. The van der Waals surface area contributed by atoms with E-state index in [1.165, 1.54) is 24.3 Å². The zero-order chi connectivity index (χ0) is 35.2. The molecule has 0 saturated carbocycles. The summed E-state index contributed by atoms with van der Waals surface area (Å²) in [5, 5.41) is 2.85. The molecule has 47 heavy (non-hydrogen) atoms. The van der Waals surface area contributed by atoms with E-state index >= 15 is 0 Å². The zero-order valence-corrected chi connectivity index (χ0v) is 30.7. The van der Waals surface area contributed by atoms with E-state index in [0.29, 0.717) is 41.3 Å². The third-order valence-electron chi connectivity index (χ3n) is 8.39. The summed E-state index contributed by atoms with van der Waals surface area (Å²) in [5.74, 6) is -0.619. The molecule has 0 radical (unpaired) electrons. The lowest BCUT2D eigenvalue weighted by molar-refractivity contribution is -0.437. The summed E-state index contributed by atoms with van der Waals surface area (Å²) in [7, 11) is -13.2. The molecule has 0 aromatic heterocycles. The maximum Gasteiger partial charge on any atom is 0.294 e. The fourth-order valence-electron chi connectivity index (χ4n) is 6.10. The van der Waals surface area contributed by atoms with Crippen LogP contribution >= 0.6 is 22.6 Å². The van der Waals surface area contributed by atoms with Crippen LogP contribution in [0.2, 0.25) is 0 Å². The Morgan fingerprint density at radius 1 is 0.915 bits per heavy atom. The van der Waals surface area contributed by atoms with E-state index in [2.05, 4.69) is 5.32 Å². The van der Waals surface area contributed by atoms with Crippen molar-refractivity contribution >= 4 is 75.9 Å². The second-order valence-corrected chi connectivity index (χ2v) is 17.5. The summed E-state index contributed by atoms with van der Waals surface area (Å²) in [6.45, 7) is 8.38. The smallest absolute Gasteiger partial charge is 0.294 e. The number of fused-ring (bicyclic) bond motifs is 2. The Bertz CT molecular complexity index is 2040. The average molecular weight is 823 g/mol. The van der Waals surface area contributed by atoms with Crippen LogP contribution in [0.3, 0.4) is 0 Å². The molecule has 0 unspecified atom stereocenters. The number of hydrogen-bond acceptors (Lipinski definition) is 8. The van der Waals surface area contributed by atoms with Crippen molar-refractivity contribution in [2.75, 3.05) is 34.7 Å². The Morgan fingerprint density at radius 3 is 2.09 bits per heavy atom. The van der Waals surface area contributed by atoms with Crippen molar-refractivity contribution in [1.82, 2.24) is 5.32 Å². The van der Waals surface area contributed by atoms with Crippen LogP contribution in [0.1, 0.15) is 45.2 Å². The molecular formula is C30H37IN3O10S3+. The number of carbonyl (C=O) groups excluding carboxylic acids is 1. The maximum absolute atomic E-state index is 12.0. The molecule has 0 aliphatic carbocycles. The molecule has 4 rings (SSSR count). The van der Waals surface area contributed by atoms with Crippen LogP contribution in [-0.2, 0) is 46.0 Å². The number of benzene rings is 2. The molecule has 0 spiro atoms. The molecule has 2 aromatic rings. The van der Waals surface area contributed by atoms with Crippen LogP contribution in [0.5, 0.6) is 0 Å². The summed E-state index contributed by atoms with van der Waals surface area (Å²) >= 11 is 1.96. The van der Waals surface area contributed by atoms with Gasteiger partial charge in [0.2, 0.25) is 11.6 Å². The van der Waals surface area contributed by atoms with E-state index in [-0.39, 0.29) is 33.1 Å². The summed E-state index contributed by atoms with van der Waals surface area (Å²) in [4.78, 5) is 13.4. The van der Waals surface area contributed by atoms with Crippen LogP contribution in [0.4, 0.5) is 11.4 Å². The minimum absolute atomic E-state index is 0.0714. The third kappa shape index (κ3) is 7.97. The largest absolute Gasteiger partial charge is 0.354 e. The lowest BCUT2D eigenvalue weighted by Crippen LogP contribution is -2.35. The highest BCUT2D eigenvalue weighted by molar-refractivity contribution is 14.1. The van der Waals surface area contributed by atoms with Crippen molar-refractivity contribution in [2.24, 2.45) is 0 Å². The lowest BCUT2D eigenvalue weighted by atomic mass is 9.81. The first kappa shape index (κ1) is 37.1. The molecule has 13 nitrogen and oxygen atoms in total. The number of rotatable bonds is 12. The molecule has 2 heterocycles. The highest BCUT2D eigenvalue weighted by Crippen LogP contribution is 2.48. The number of hydrogen-bond donors (Lipinski definition) is 4. The number of allylic oxidation sites excluding steroid dienone is 4. The number of halogens is 1. The molecule has 0 saturated heterocycles. The van der Waals surface area contributed by atoms with Gasteiger partial charge in [0.25, 0.3) is 30.4 Å². The average Bonchev–Trinajstić information content (AvgIpc) is 3.29. The molecule has 1 amide bonds. The Balaban J connectivity index is 1.81. The first-order valence-electron chi connectivity index (χ1n) is 14.4. The van der Waals surface area contributed by atoms with E-state index < -0.39 is 46.9 Å². The highest BCUT2D eigenvalue weighted by atomic mass is 127. The number of alkyl halides is 1. The van der Waals surface area contributed by atoms with E-state index in [0.717, 1.165) is 5.70 Å². The standard InChI is InChI=1S/C30H36IN3O10S3/c1-29(2)22-17-20(46(39,40)41)9-11-24(22)33(14-6-16-45(36,37)38)26(29)7-5-8-27-30(3,4)23-18-21(47(42,43)44)10-12-25(23)34(27)15-13-32-28(35)19-31/h5,7-12,17-18H,6,13-16,19H2,1-4H3,(H3-,32,35,36,37,38,39,40,41,42,43,44)/p+1. The summed E-state index contributed by atoms with van der Waals surface area (Å²) in [6, 6.07) is 8.56. The summed E-state index contributed by atoms with van der Waals surface area (Å²) in [6.07, 6.45) is 5.51. The van der Waals surface area contributed by atoms with Crippen molar-refractivity contribution in [3.05, 3.63) is 71.5 Å². The van der Waals surface area contributed by atoms with Gasteiger partial charge in [-0.25, -0.2) is 0 Å². The van der Waals surface area contributed by atoms with Gasteiger partial charge in [0.05, 0.1) is 25.4 Å².